The van der Waals surface area contributed by atoms with Crippen LogP contribution < -0.4 is 5.32 Å². The van der Waals surface area contributed by atoms with Crippen LogP contribution in [0.4, 0.5) is 5.69 Å². The van der Waals surface area contributed by atoms with Crippen LogP contribution in [0.15, 0.2) is 24.3 Å². The van der Waals surface area contributed by atoms with Crippen LogP contribution in [-0.4, -0.2) is 60.6 Å². The third kappa shape index (κ3) is 4.80. The van der Waals surface area contributed by atoms with Crippen LogP contribution in [0, 0.1) is 0 Å². The van der Waals surface area contributed by atoms with Crippen LogP contribution >= 0.6 is 0 Å². The summed E-state index contributed by atoms with van der Waals surface area (Å²) in [4.78, 5) is 15.7. The zero-order valence-electron chi connectivity index (χ0n) is 13.7. The quantitative estimate of drug-likeness (QED) is 0.869. The van der Waals surface area contributed by atoms with Gasteiger partial charge in [-0.3, -0.25) is 4.79 Å². The maximum atomic E-state index is 11.1. The molecule has 0 spiro atoms. The highest BCUT2D eigenvalue weighted by Crippen LogP contribution is 2.21. The number of piperidine rings is 1. The maximum Gasteiger partial charge on any atom is 0.221 e. The van der Waals surface area contributed by atoms with Crippen molar-refractivity contribution in [2.45, 2.75) is 31.9 Å². The van der Waals surface area contributed by atoms with Crippen LogP contribution in [0.1, 0.15) is 31.4 Å². The monoisotopic (exact) mass is 305 g/mol. The minimum atomic E-state index is -0.543. The normalized spacial score (nSPS) is 18.4. The number of rotatable bonds is 5. The Morgan fingerprint density at radius 2 is 2.14 bits per heavy atom. The van der Waals surface area contributed by atoms with Gasteiger partial charge in [0.1, 0.15) is 0 Å². The minimum absolute atomic E-state index is 0.102. The van der Waals surface area contributed by atoms with E-state index in [1.54, 1.807) is 0 Å². The highest BCUT2D eigenvalue weighted by atomic mass is 16.3. The molecule has 2 rings (SSSR count). The molecule has 1 unspecified atom stereocenters. The van der Waals surface area contributed by atoms with Crippen molar-refractivity contribution >= 4 is 11.6 Å². The molecule has 122 valence electrons. The van der Waals surface area contributed by atoms with Gasteiger partial charge in [0.15, 0.2) is 0 Å². The van der Waals surface area contributed by atoms with E-state index in [9.17, 15) is 9.90 Å². The molecule has 1 fully saturated rings. The Hall–Kier alpha value is -1.43. The number of likely N-dealkylation sites (N-methyl/N-ethyl adjacent to an activating group) is 1. The number of hydrogen-bond donors (Lipinski definition) is 2. The number of likely N-dealkylation sites (tertiary alicyclic amines) is 1. The fourth-order valence-corrected chi connectivity index (χ4v) is 2.99. The summed E-state index contributed by atoms with van der Waals surface area (Å²) in [5.41, 5.74) is 1.57. The maximum absolute atomic E-state index is 11.1. The second kappa shape index (κ2) is 7.72. The van der Waals surface area contributed by atoms with Gasteiger partial charge in [-0.15, -0.1) is 0 Å². The molecule has 1 heterocycles. The van der Waals surface area contributed by atoms with Gasteiger partial charge in [-0.25, -0.2) is 0 Å². The number of nitrogens with zero attached hydrogens (tertiary/aromatic N) is 2. The Balaban J connectivity index is 1.93. The van der Waals surface area contributed by atoms with E-state index in [0.717, 1.165) is 37.2 Å². The van der Waals surface area contributed by atoms with Gasteiger partial charge in [-0.1, -0.05) is 12.1 Å². The van der Waals surface area contributed by atoms with E-state index in [-0.39, 0.29) is 5.91 Å². The van der Waals surface area contributed by atoms with Gasteiger partial charge in [0.05, 0.1) is 6.10 Å². The van der Waals surface area contributed by atoms with Gasteiger partial charge in [0.25, 0.3) is 0 Å². The number of hydrogen-bond acceptors (Lipinski definition) is 4. The molecule has 2 N–H and O–H groups in total. The fourth-order valence-electron chi connectivity index (χ4n) is 2.99. The highest BCUT2D eigenvalue weighted by Gasteiger charge is 2.22. The van der Waals surface area contributed by atoms with Crippen LogP contribution in [-0.2, 0) is 4.79 Å². The molecule has 1 amide bonds. The Morgan fingerprint density at radius 3 is 2.77 bits per heavy atom. The number of aliphatic hydroxyl groups excluding tert-OH is 1. The van der Waals surface area contributed by atoms with Crippen LogP contribution in [0.25, 0.3) is 0 Å². The summed E-state index contributed by atoms with van der Waals surface area (Å²) in [5, 5.41) is 13.2. The summed E-state index contributed by atoms with van der Waals surface area (Å²) in [6.07, 6.45) is 1.75. The van der Waals surface area contributed by atoms with Crippen molar-refractivity contribution in [3.8, 4) is 0 Å². The first-order chi connectivity index (χ1) is 10.5. The summed E-state index contributed by atoms with van der Waals surface area (Å²) in [6, 6.07) is 7.97. The van der Waals surface area contributed by atoms with E-state index in [0.29, 0.717) is 12.6 Å². The lowest BCUT2D eigenvalue weighted by Crippen LogP contribution is -2.43. The largest absolute Gasteiger partial charge is 0.387 e. The first-order valence-corrected chi connectivity index (χ1v) is 7.90. The summed E-state index contributed by atoms with van der Waals surface area (Å²) >= 11 is 0. The van der Waals surface area contributed by atoms with Gasteiger partial charge in [-0.05, 0) is 57.7 Å². The van der Waals surface area contributed by atoms with E-state index in [2.05, 4.69) is 29.2 Å². The number of carbonyl (C=O) groups is 1. The van der Waals surface area contributed by atoms with Crippen LogP contribution in [0.3, 0.4) is 0 Å². The second-order valence-corrected chi connectivity index (χ2v) is 6.30. The molecule has 1 aromatic carbocycles. The molecule has 0 bridgehead atoms. The van der Waals surface area contributed by atoms with E-state index in [1.807, 2.05) is 24.3 Å². The SMILES string of the molecule is CC(=O)Nc1cccc(C(O)CN(C)C2CCN(C)CC2)c1. The number of aliphatic hydroxyl groups is 1. The average Bonchev–Trinajstić information content (AvgIpc) is 2.47. The zero-order chi connectivity index (χ0) is 16.1. The lowest BCUT2D eigenvalue weighted by molar-refractivity contribution is -0.114. The molecule has 1 atom stereocenters. The van der Waals surface area contributed by atoms with Gasteiger partial charge in [0, 0.05) is 25.2 Å². The van der Waals surface area contributed by atoms with Gasteiger partial charge in [-0.2, -0.15) is 0 Å². The summed E-state index contributed by atoms with van der Waals surface area (Å²) < 4.78 is 0. The van der Waals surface area contributed by atoms with Crippen molar-refractivity contribution < 1.29 is 9.90 Å². The first kappa shape index (κ1) is 16.9. The third-order valence-corrected chi connectivity index (χ3v) is 4.36. The fraction of sp³-hybridized carbons (Fsp3) is 0.588. The van der Waals surface area contributed by atoms with Crippen molar-refractivity contribution in [3.05, 3.63) is 29.8 Å². The number of nitrogens with one attached hydrogen (secondary N) is 1. The number of carbonyl (C=O) groups excluding carboxylic acids is 1. The van der Waals surface area contributed by atoms with Gasteiger partial charge in [0.2, 0.25) is 5.91 Å². The number of anilines is 1. The number of benzene rings is 1. The Kier molecular flexibility index (Phi) is 5.94. The molecule has 0 aliphatic carbocycles. The van der Waals surface area contributed by atoms with Crippen molar-refractivity contribution in [1.29, 1.82) is 0 Å². The first-order valence-electron chi connectivity index (χ1n) is 7.90. The molecule has 1 aromatic rings. The zero-order valence-corrected chi connectivity index (χ0v) is 13.7. The molecule has 0 aromatic heterocycles. The van der Waals surface area contributed by atoms with Crippen LogP contribution in [0.2, 0.25) is 0 Å². The average molecular weight is 305 g/mol. The summed E-state index contributed by atoms with van der Waals surface area (Å²) in [6.45, 7) is 4.32. The smallest absolute Gasteiger partial charge is 0.221 e. The molecule has 5 heteroatoms. The lowest BCUT2D eigenvalue weighted by atomic mass is 10.0. The summed E-state index contributed by atoms with van der Waals surface area (Å²) in [5.74, 6) is -0.102. The van der Waals surface area contributed by atoms with Gasteiger partial charge < -0.3 is 20.2 Å². The van der Waals surface area contributed by atoms with Crippen molar-refractivity contribution in [3.63, 3.8) is 0 Å². The molecule has 1 aliphatic rings. The lowest BCUT2D eigenvalue weighted by Gasteiger charge is -2.36. The second-order valence-electron chi connectivity index (χ2n) is 6.30. The topological polar surface area (TPSA) is 55.8 Å². The standard InChI is InChI=1S/C17H27N3O2/c1-13(21)18-15-6-4-5-14(11-15)17(22)12-20(3)16-7-9-19(2)10-8-16/h4-6,11,16-17,22H,7-10,12H2,1-3H3,(H,18,21). The van der Waals surface area contributed by atoms with Gasteiger partial charge >= 0.3 is 0 Å². The predicted molar refractivity (Wildman–Crippen MR) is 88.9 cm³/mol. The van der Waals surface area contributed by atoms with Crippen molar-refractivity contribution in [1.82, 2.24) is 9.80 Å². The molecule has 1 saturated heterocycles. The van der Waals surface area contributed by atoms with E-state index in [4.69, 9.17) is 0 Å². The molecular formula is C17H27N3O2. The Morgan fingerprint density at radius 1 is 1.45 bits per heavy atom. The molecule has 22 heavy (non-hydrogen) atoms. The molecule has 5 nitrogen and oxygen atoms in total. The molecular weight excluding hydrogens is 278 g/mol. The molecule has 0 radical (unpaired) electrons. The molecule has 0 saturated carbocycles. The Bertz CT molecular complexity index is 498. The van der Waals surface area contributed by atoms with Crippen molar-refractivity contribution in [2.75, 3.05) is 39.0 Å². The van der Waals surface area contributed by atoms with Crippen LogP contribution in [0.5, 0.6) is 0 Å². The number of amides is 1. The van der Waals surface area contributed by atoms with E-state index < -0.39 is 6.10 Å². The van der Waals surface area contributed by atoms with Crippen molar-refractivity contribution in [2.24, 2.45) is 0 Å². The Labute approximate surface area is 132 Å². The van der Waals surface area contributed by atoms with E-state index >= 15 is 0 Å². The van der Waals surface area contributed by atoms with E-state index in [1.165, 1.54) is 6.92 Å². The minimum Gasteiger partial charge on any atom is -0.387 e. The molecule has 1 aliphatic heterocycles. The predicted octanol–water partition coefficient (Wildman–Crippen LogP) is 1.70. The third-order valence-electron chi connectivity index (χ3n) is 4.36. The highest BCUT2D eigenvalue weighted by molar-refractivity contribution is 5.88. The summed E-state index contributed by atoms with van der Waals surface area (Å²) in [7, 11) is 4.23.